The lowest BCUT2D eigenvalue weighted by molar-refractivity contribution is -0.661. The van der Waals surface area contributed by atoms with Gasteiger partial charge in [0.15, 0.2) is 12.4 Å². The van der Waals surface area contributed by atoms with E-state index in [9.17, 15) is 0 Å². The summed E-state index contributed by atoms with van der Waals surface area (Å²) in [6.45, 7) is 25.7. The summed E-state index contributed by atoms with van der Waals surface area (Å²) in [5.74, 6) is 1.29. The molecule has 0 fully saturated rings. The van der Waals surface area contributed by atoms with Crippen molar-refractivity contribution in [2.75, 3.05) is 0 Å². The summed E-state index contributed by atoms with van der Waals surface area (Å²) in [5, 5.41) is 0. The first kappa shape index (κ1) is 34.6. The topological polar surface area (TPSA) is 7.76 Å². The van der Waals surface area contributed by atoms with Crippen LogP contribution in [0.1, 0.15) is 108 Å². The third-order valence-corrected chi connectivity index (χ3v) is 9.55. The summed E-state index contributed by atoms with van der Waals surface area (Å²) < 4.78 is 4.69. The number of benzene rings is 2. The average molecular weight is 605 g/mol. The van der Waals surface area contributed by atoms with Crippen LogP contribution in [-0.2, 0) is 44.2 Å². The second-order valence-electron chi connectivity index (χ2n) is 16.2. The summed E-state index contributed by atoms with van der Waals surface area (Å²) in [7, 11) is 4.42. The van der Waals surface area contributed by atoms with Gasteiger partial charge in [-0.2, -0.15) is 0 Å². The lowest BCUT2D eigenvalue weighted by atomic mass is 9.72. The van der Waals surface area contributed by atoms with Crippen molar-refractivity contribution in [1.29, 1.82) is 0 Å². The fourth-order valence-electron chi connectivity index (χ4n) is 6.96. The molecule has 0 saturated carbocycles. The highest BCUT2D eigenvalue weighted by atomic mass is 14.9. The fraction of sp³-hybridized carbons (Fsp3) is 0.488. The Balaban J connectivity index is 1.64. The van der Waals surface area contributed by atoms with E-state index < -0.39 is 0 Å². The lowest BCUT2D eigenvalue weighted by Gasteiger charge is -2.32. The Bertz CT molecular complexity index is 1650. The van der Waals surface area contributed by atoms with E-state index in [1.165, 1.54) is 61.5 Å². The minimum atomic E-state index is 0.0294. The van der Waals surface area contributed by atoms with Crippen molar-refractivity contribution in [3.63, 3.8) is 0 Å². The molecule has 0 aliphatic heterocycles. The van der Waals surface area contributed by atoms with Crippen LogP contribution in [0.15, 0.2) is 67.0 Å². The number of hydrogen-bond acceptors (Lipinski definition) is 0. The molecule has 0 radical (unpaired) electrons. The predicted molar refractivity (Wildman–Crippen MR) is 193 cm³/mol. The average Bonchev–Trinajstić information content (AvgIpc) is 2.93. The molecule has 2 aromatic carbocycles. The molecular weight excluding hydrogens is 544 g/mol. The van der Waals surface area contributed by atoms with E-state index in [4.69, 9.17) is 0 Å². The Hall–Kier alpha value is -3.26. The molecule has 2 heteroatoms. The largest absolute Gasteiger partial charge is 0.212 e. The highest BCUT2D eigenvalue weighted by Gasteiger charge is 2.33. The minimum absolute atomic E-state index is 0.0294. The zero-order chi connectivity index (χ0) is 33.3. The van der Waals surface area contributed by atoms with Gasteiger partial charge in [-0.3, -0.25) is 0 Å². The summed E-state index contributed by atoms with van der Waals surface area (Å²) in [6.07, 6.45) is 9.21. The first-order valence-electron chi connectivity index (χ1n) is 17.2. The van der Waals surface area contributed by atoms with Gasteiger partial charge in [0.1, 0.15) is 14.1 Å². The molecular formula is C43H60N2+2. The Kier molecular flexibility index (Phi) is 10.5. The molecule has 240 valence electrons. The van der Waals surface area contributed by atoms with Crippen molar-refractivity contribution >= 4 is 0 Å². The first-order valence-corrected chi connectivity index (χ1v) is 17.2. The molecule has 0 aliphatic rings. The zero-order valence-corrected chi connectivity index (χ0v) is 30.7. The molecule has 0 unspecified atom stereocenters. The number of aryl methyl sites for hydroxylation is 5. The van der Waals surface area contributed by atoms with E-state index in [2.05, 4.69) is 166 Å². The molecule has 0 N–H and O–H groups in total. The minimum Gasteiger partial charge on any atom is -0.201 e. The molecule has 0 atom stereocenters. The Morgan fingerprint density at radius 3 is 1.80 bits per heavy atom. The van der Waals surface area contributed by atoms with Crippen LogP contribution in [0.3, 0.4) is 0 Å². The normalized spacial score (nSPS) is 12.4. The first-order chi connectivity index (χ1) is 21.0. The van der Waals surface area contributed by atoms with E-state index in [0.29, 0.717) is 11.8 Å². The van der Waals surface area contributed by atoms with E-state index in [1.807, 2.05) is 0 Å². The number of hydrogen-bond donors (Lipinski definition) is 0. The molecule has 2 nitrogen and oxygen atoms in total. The standard InChI is InChI=1S/C43H60N2/c1-29(2)22-34-25-40(44(12)27-35(34)23-30(3)4)37-19-18-33(24-32(37)6)20-21-43(10,11)39-28-45(13)41(26-38(39)42(7,8)9)36-17-15-14-16-31(36)5/h14-19,24-30H,20-23H2,1-13H3/q+2. The maximum Gasteiger partial charge on any atom is 0.212 e. The van der Waals surface area contributed by atoms with Gasteiger partial charge in [0.25, 0.3) is 0 Å². The third-order valence-electron chi connectivity index (χ3n) is 9.55. The van der Waals surface area contributed by atoms with Crippen LogP contribution in [0.5, 0.6) is 0 Å². The Morgan fingerprint density at radius 2 is 1.20 bits per heavy atom. The molecule has 0 aliphatic carbocycles. The highest BCUT2D eigenvalue weighted by Crippen LogP contribution is 2.38. The van der Waals surface area contributed by atoms with Crippen molar-refractivity contribution < 1.29 is 9.13 Å². The highest BCUT2D eigenvalue weighted by molar-refractivity contribution is 5.63. The zero-order valence-electron chi connectivity index (χ0n) is 30.7. The van der Waals surface area contributed by atoms with Crippen LogP contribution < -0.4 is 9.13 Å². The molecule has 0 amide bonds. The van der Waals surface area contributed by atoms with Crippen LogP contribution in [-0.4, -0.2) is 0 Å². The van der Waals surface area contributed by atoms with Crippen molar-refractivity contribution in [2.24, 2.45) is 25.9 Å². The van der Waals surface area contributed by atoms with Crippen LogP contribution in [0.4, 0.5) is 0 Å². The molecule has 2 aromatic heterocycles. The number of nitrogens with zero attached hydrogens (tertiary/aromatic N) is 2. The Morgan fingerprint density at radius 1 is 0.622 bits per heavy atom. The number of rotatable bonds is 10. The maximum absolute atomic E-state index is 2.47. The van der Waals surface area contributed by atoms with Gasteiger partial charge in [-0.15, -0.1) is 0 Å². The predicted octanol–water partition coefficient (Wildman–Crippen LogP) is 9.89. The summed E-state index contributed by atoms with van der Waals surface area (Å²) >= 11 is 0. The third kappa shape index (κ3) is 8.13. The molecule has 0 saturated heterocycles. The number of aromatic nitrogens is 2. The van der Waals surface area contributed by atoms with Gasteiger partial charge in [-0.1, -0.05) is 92.6 Å². The summed E-state index contributed by atoms with van der Waals surface area (Å²) in [5.41, 5.74) is 15.3. The Labute approximate surface area is 275 Å². The van der Waals surface area contributed by atoms with Crippen LogP contribution in [0.2, 0.25) is 0 Å². The van der Waals surface area contributed by atoms with Crippen LogP contribution in [0, 0.1) is 25.7 Å². The number of pyridine rings is 2. The van der Waals surface area contributed by atoms with E-state index >= 15 is 0 Å². The molecule has 4 aromatic rings. The van der Waals surface area contributed by atoms with E-state index in [1.54, 1.807) is 0 Å². The van der Waals surface area contributed by atoms with Gasteiger partial charge < -0.3 is 0 Å². The van der Waals surface area contributed by atoms with Crippen LogP contribution in [0.25, 0.3) is 22.5 Å². The molecule has 0 spiro atoms. The fourth-order valence-corrected chi connectivity index (χ4v) is 6.96. The van der Waals surface area contributed by atoms with Crippen LogP contribution >= 0.6 is 0 Å². The molecule has 45 heavy (non-hydrogen) atoms. The van der Waals surface area contributed by atoms with Gasteiger partial charge >= 0.3 is 0 Å². The summed E-state index contributed by atoms with van der Waals surface area (Å²) in [6, 6.07) is 20.8. The molecule has 2 heterocycles. The van der Waals surface area contributed by atoms with E-state index in [-0.39, 0.29) is 10.8 Å². The monoisotopic (exact) mass is 604 g/mol. The van der Waals surface area contributed by atoms with Gasteiger partial charge in [0, 0.05) is 34.4 Å². The lowest BCUT2D eigenvalue weighted by Crippen LogP contribution is -2.37. The van der Waals surface area contributed by atoms with Gasteiger partial charge in [-0.25, -0.2) is 9.13 Å². The smallest absolute Gasteiger partial charge is 0.201 e. The second kappa shape index (κ2) is 13.6. The van der Waals surface area contributed by atoms with Gasteiger partial charge in [0.2, 0.25) is 11.4 Å². The van der Waals surface area contributed by atoms with Gasteiger partial charge in [-0.05, 0) is 102 Å². The molecule has 4 rings (SSSR count). The van der Waals surface area contributed by atoms with Crippen molar-refractivity contribution in [1.82, 2.24) is 0 Å². The summed E-state index contributed by atoms with van der Waals surface area (Å²) in [4.78, 5) is 0. The SMILES string of the molecule is Cc1cc(CCC(C)(C)c2c[n+](C)c(-c3ccccc3C)cc2C(C)(C)C)ccc1-c1cc(CC(C)C)c(CC(C)C)c[n+]1C. The van der Waals surface area contributed by atoms with Crippen molar-refractivity contribution in [2.45, 2.75) is 113 Å². The van der Waals surface area contributed by atoms with Crippen molar-refractivity contribution in [3.05, 3.63) is 106 Å². The van der Waals surface area contributed by atoms with Crippen molar-refractivity contribution in [3.8, 4) is 22.5 Å². The second-order valence-corrected chi connectivity index (χ2v) is 16.2. The quantitative estimate of drug-likeness (QED) is 0.159. The van der Waals surface area contributed by atoms with Gasteiger partial charge in [0.05, 0.1) is 0 Å². The molecule has 0 bridgehead atoms. The van der Waals surface area contributed by atoms with E-state index in [0.717, 1.165) is 25.7 Å². The maximum atomic E-state index is 2.47.